The van der Waals surface area contributed by atoms with E-state index >= 15 is 0 Å². The summed E-state index contributed by atoms with van der Waals surface area (Å²) in [6, 6.07) is 5.45. The lowest BCUT2D eigenvalue weighted by molar-refractivity contribution is -0.143. The number of rotatable bonds is 1. The van der Waals surface area contributed by atoms with Gasteiger partial charge in [0.2, 0.25) is 0 Å². The van der Waals surface area contributed by atoms with Crippen molar-refractivity contribution in [2.75, 3.05) is 13.7 Å². The predicted molar refractivity (Wildman–Crippen MR) is 91.6 cm³/mol. The number of nitrogens with zero attached hydrogens (tertiary/aromatic N) is 1. The Kier molecular flexibility index (Phi) is 3.66. The molecule has 0 aliphatic carbocycles. The maximum Gasteiger partial charge on any atom is 0.323 e. The number of aryl methyl sites for hydroxylation is 2. The zero-order chi connectivity index (χ0) is 16.9. The first-order valence-corrected chi connectivity index (χ1v) is 8.48. The van der Waals surface area contributed by atoms with E-state index in [1.54, 1.807) is 0 Å². The van der Waals surface area contributed by atoms with Gasteiger partial charge in [0, 0.05) is 28.9 Å². The van der Waals surface area contributed by atoms with E-state index in [-0.39, 0.29) is 17.6 Å². The topological polar surface area (TPSA) is 60.5 Å². The summed E-state index contributed by atoms with van der Waals surface area (Å²) in [5.41, 5.74) is 2.60. The summed E-state index contributed by atoms with van der Waals surface area (Å²) in [7, 11) is 1.41. The molecule has 4 rings (SSSR count). The summed E-state index contributed by atoms with van der Waals surface area (Å²) in [5.74, 6) is 0.602. The van der Waals surface area contributed by atoms with Gasteiger partial charge in [0.15, 0.2) is 0 Å². The third kappa shape index (κ3) is 2.43. The fourth-order valence-corrected chi connectivity index (χ4v) is 4.00. The van der Waals surface area contributed by atoms with Gasteiger partial charge in [-0.05, 0) is 38.0 Å². The summed E-state index contributed by atoms with van der Waals surface area (Å²) in [5, 5.41) is 4.97. The van der Waals surface area contributed by atoms with Crippen LogP contribution < -0.4 is 10.1 Å². The lowest BCUT2D eigenvalue weighted by Crippen LogP contribution is -2.42. The molecule has 1 aromatic carbocycles. The summed E-state index contributed by atoms with van der Waals surface area (Å²) in [6.45, 7) is 2.60. The lowest BCUT2D eigenvalue weighted by Gasteiger charge is -2.36. The number of ether oxygens (including phenoxy) is 2. The summed E-state index contributed by atoms with van der Waals surface area (Å²) in [4.78, 5) is 16.5. The van der Waals surface area contributed by atoms with Crippen LogP contribution in [0, 0.1) is 6.92 Å². The second kappa shape index (κ2) is 5.60. The van der Waals surface area contributed by atoms with Gasteiger partial charge in [-0.25, -0.2) is 4.98 Å². The van der Waals surface area contributed by atoms with Crippen molar-refractivity contribution in [3.63, 3.8) is 0 Å². The van der Waals surface area contributed by atoms with Gasteiger partial charge >= 0.3 is 5.97 Å². The standard InChI is InChI=1S/C18H19ClN2O3/c1-10-16-12(13-7-11(19)3-4-14(13)21-10)5-6-18(24-16)8-15(20-9-18)17(22)23-2/h3-4,7,15,20H,5-6,8-9H2,1-2H3. The fraction of sp³-hybridized carbons (Fsp3) is 0.444. The molecular weight excluding hydrogens is 328 g/mol. The van der Waals surface area contributed by atoms with Crippen LogP contribution >= 0.6 is 11.6 Å². The van der Waals surface area contributed by atoms with E-state index in [9.17, 15) is 4.79 Å². The quantitative estimate of drug-likeness (QED) is 0.805. The molecule has 2 unspecified atom stereocenters. The van der Waals surface area contributed by atoms with Crippen molar-refractivity contribution in [1.82, 2.24) is 10.3 Å². The molecule has 1 aromatic heterocycles. The van der Waals surface area contributed by atoms with Crippen molar-refractivity contribution >= 4 is 28.5 Å². The third-order valence-electron chi connectivity index (χ3n) is 5.06. The second-order valence-corrected chi connectivity index (χ2v) is 7.05. The van der Waals surface area contributed by atoms with E-state index < -0.39 is 0 Å². The minimum Gasteiger partial charge on any atom is -0.484 e. The van der Waals surface area contributed by atoms with E-state index in [4.69, 9.17) is 21.1 Å². The first-order valence-electron chi connectivity index (χ1n) is 8.10. The number of carbonyl (C=O) groups excluding carboxylic acids is 1. The van der Waals surface area contributed by atoms with Crippen molar-refractivity contribution < 1.29 is 14.3 Å². The number of carbonyl (C=O) groups is 1. The highest BCUT2D eigenvalue weighted by Crippen LogP contribution is 2.42. The Morgan fingerprint density at radius 2 is 2.33 bits per heavy atom. The Balaban J connectivity index is 1.72. The molecular formula is C18H19ClN2O3. The number of fused-ring (bicyclic) bond motifs is 3. The summed E-state index contributed by atoms with van der Waals surface area (Å²) >= 11 is 6.16. The van der Waals surface area contributed by atoms with E-state index in [0.29, 0.717) is 18.0 Å². The highest BCUT2D eigenvalue weighted by Gasteiger charge is 2.46. The molecule has 0 saturated carbocycles. The van der Waals surface area contributed by atoms with Crippen LogP contribution in [-0.2, 0) is 16.0 Å². The van der Waals surface area contributed by atoms with Crippen LogP contribution in [0.1, 0.15) is 24.1 Å². The number of hydrogen-bond donors (Lipinski definition) is 1. The average molecular weight is 347 g/mol. The zero-order valence-corrected chi connectivity index (χ0v) is 14.4. The van der Waals surface area contributed by atoms with Crippen LogP contribution in [0.25, 0.3) is 10.9 Å². The smallest absolute Gasteiger partial charge is 0.323 e. The Labute approximate surface area is 145 Å². The van der Waals surface area contributed by atoms with Gasteiger partial charge in [0.1, 0.15) is 17.4 Å². The van der Waals surface area contributed by atoms with Crippen LogP contribution in [0.5, 0.6) is 5.75 Å². The number of pyridine rings is 1. The zero-order valence-electron chi connectivity index (χ0n) is 13.7. The van der Waals surface area contributed by atoms with Crippen LogP contribution in [0.3, 0.4) is 0 Å². The average Bonchev–Trinajstić information content (AvgIpc) is 2.99. The molecule has 126 valence electrons. The van der Waals surface area contributed by atoms with E-state index in [0.717, 1.165) is 40.8 Å². The molecule has 1 spiro atoms. The van der Waals surface area contributed by atoms with Gasteiger partial charge in [-0.1, -0.05) is 11.6 Å². The number of halogens is 1. The molecule has 24 heavy (non-hydrogen) atoms. The van der Waals surface area contributed by atoms with Gasteiger partial charge in [0.05, 0.1) is 18.3 Å². The number of esters is 1. The molecule has 2 aromatic rings. The molecule has 3 heterocycles. The number of nitrogens with one attached hydrogen (secondary N) is 1. The van der Waals surface area contributed by atoms with Gasteiger partial charge in [-0.2, -0.15) is 0 Å². The molecule has 2 aliphatic rings. The van der Waals surface area contributed by atoms with Gasteiger partial charge < -0.3 is 14.8 Å². The SMILES string of the molecule is COC(=O)C1CC2(CCc3c(c(C)nc4ccc(Cl)cc34)O2)CN1. The molecule has 1 N–H and O–H groups in total. The largest absolute Gasteiger partial charge is 0.484 e. The van der Waals surface area contributed by atoms with E-state index in [1.807, 2.05) is 25.1 Å². The molecule has 1 saturated heterocycles. The summed E-state index contributed by atoms with van der Waals surface area (Å²) in [6.07, 6.45) is 2.35. The number of hydrogen-bond acceptors (Lipinski definition) is 5. The van der Waals surface area contributed by atoms with Crippen LogP contribution in [-0.4, -0.2) is 36.3 Å². The number of methoxy groups -OCH3 is 1. The van der Waals surface area contributed by atoms with Crippen LogP contribution in [0.4, 0.5) is 0 Å². The second-order valence-electron chi connectivity index (χ2n) is 6.61. The van der Waals surface area contributed by atoms with E-state index in [1.165, 1.54) is 7.11 Å². The first-order chi connectivity index (χ1) is 11.5. The normalized spacial score (nSPS) is 25.5. The van der Waals surface area contributed by atoms with Crippen molar-refractivity contribution in [2.45, 2.75) is 37.8 Å². The van der Waals surface area contributed by atoms with Gasteiger partial charge in [-0.3, -0.25) is 4.79 Å². The summed E-state index contributed by atoms with van der Waals surface area (Å²) < 4.78 is 11.3. The van der Waals surface area contributed by atoms with Crippen molar-refractivity contribution in [3.05, 3.63) is 34.5 Å². The predicted octanol–water partition coefficient (Wildman–Crippen LogP) is 2.80. The highest BCUT2D eigenvalue weighted by molar-refractivity contribution is 6.31. The molecule has 0 amide bonds. The Morgan fingerprint density at radius 3 is 3.12 bits per heavy atom. The lowest BCUT2D eigenvalue weighted by atomic mass is 9.87. The van der Waals surface area contributed by atoms with Crippen molar-refractivity contribution in [2.24, 2.45) is 0 Å². The molecule has 5 nitrogen and oxygen atoms in total. The molecule has 0 bridgehead atoms. The first kappa shape index (κ1) is 15.7. The third-order valence-corrected chi connectivity index (χ3v) is 5.29. The van der Waals surface area contributed by atoms with E-state index in [2.05, 4.69) is 10.3 Å². The monoisotopic (exact) mass is 346 g/mol. The molecule has 2 aliphatic heterocycles. The van der Waals surface area contributed by atoms with Crippen LogP contribution in [0.2, 0.25) is 5.02 Å². The molecule has 6 heteroatoms. The maximum atomic E-state index is 11.8. The minimum absolute atomic E-state index is 0.235. The number of aromatic nitrogens is 1. The highest BCUT2D eigenvalue weighted by atomic mass is 35.5. The maximum absolute atomic E-state index is 11.8. The minimum atomic E-state index is -0.370. The number of benzene rings is 1. The van der Waals surface area contributed by atoms with Crippen LogP contribution in [0.15, 0.2) is 18.2 Å². The Morgan fingerprint density at radius 1 is 1.50 bits per heavy atom. The van der Waals surface area contributed by atoms with Gasteiger partial charge in [-0.15, -0.1) is 0 Å². The van der Waals surface area contributed by atoms with Crippen molar-refractivity contribution in [3.8, 4) is 5.75 Å². The molecule has 1 fully saturated rings. The Hall–Kier alpha value is -1.85. The van der Waals surface area contributed by atoms with Crippen molar-refractivity contribution in [1.29, 1.82) is 0 Å². The molecule has 2 atom stereocenters. The Bertz CT molecular complexity index is 839. The molecule has 0 radical (unpaired) electrons. The van der Waals surface area contributed by atoms with Gasteiger partial charge in [0.25, 0.3) is 0 Å². The fourth-order valence-electron chi connectivity index (χ4n) is 3.83.